The number of halogens is 2. The third kappa shape index (κ3) is 2.21. The van der Waals surface area contributed by atoms with Gasteiger partial charge in [0.2, 0.25) is 0 Å². The second-order valence-corrected chi connectivity index (χ2v) is 7.79. The van der Waals surface area contributed by atoms with Gasteiger partial charge in [-0.25, -0.2) is 12.8 Å². The highest BCUT2D eigenvalue weighted by Gasteiger charge is 2.48. The average Bonchev–Trinajstić information content (AvgIpc) is 2.93. The minimum atomic E-state index is -3.58. The lowest BCUT2D eigenvalue weighted by Gasteiger charge is -2.21. The normalized spacial score (nSPS) is 19.6. The van der Waals surface area contributed by atoms with E-state index in [1.54, 1.807) is 6.07 Å². The summed E-state index contributed by atoms with van der Waals surface area (Å²) in [5.41, 5.74) is 6.51. The van der Waals surface area contributed by atoms with Crippen LogP contribution in [0.5, 0.6) is 0 Å². The summed E-state index contributed by atoms with van der Waals surface area (Å²) in [5.74, 6) is -0.714. The molecule has 0 amide bonds. The molecule has 1 aliphatic carbocycles. The fourth-order valence-electron chi connectivity index (χ4n) is 2.34. The molecule has 1 saturated carbocycles. The molecule has 1 atom stereocenters. The van der Waals surface area contributed by atoms with E-state index < -0.39 is 15.7 Å². The third-order valence-corrected chi connectivity index (χ3v) is 5.65. The molecule has 0 aromatic heterocycles. The number of hydrogen-bond donors (Lipinski definition) is 1. The molecule has 1 aliphatic rings. The Morgan fingerprint density at radius 3 is 2.33 bits per heavy atom. The molecule has 3 nitrogen and oxygen atoms in total. The van der Waals surface area contributed by atoms with Gasteiger partial charge in [0.15, 0.2) is 9.84 Å². The maximum Gasteiger partial charge on any atom is 0.179 e. The molecule has 0 aliphatic heterocycles. The van der Waals surface area contributed by atoms with Crippen molar-refractivity contribution in [3.8, 4) is 0 Å². The van der Waals surface area contributed by atoms with E-state index in [1.807, 2.05) is 6.92 Å². The van der Waals surface area contributed by atoms with Crippen LogP contribution in [-0.4, -0.2) is 20.7 Å². The molecule has 0 bridgehead atoms. The summed E-state index contributed by atoms with van der Waals surface area (Å²) in [5, 5.41) is 0. The lowest BCUT2D eigenvalue weighted by Crippen LogP contribution is -2.31. The van der Waals surface area contributed by atoms with Crippen LogP contribution in [0.1, 0.15) is 25.3 Å². The standard InChI is InChI=1S/C12H15BrFNO2S/c1-7(15)12(3-4-12)8-5-9(13)11(10(14)6-8)18(2,16)17/h5-7H,3-4,15H2,1-2H3. The van der Waals surface area contributed by atoms with Crippen molar-refractivity contribution < 1.29 is 12.8 Å². The molecule has 1 unspecified atom stereocenters. The first-order chi connectivity index (χ1) is 8.18. The number of nitrogens with two attached hydrogens (primary N) is 1. The number of sulfone groups is 1. The van der Waals surface area contributed by atoms with Crippen molar-refractivity contribution in [2.75, 3.05) is 6.26 Å². The van der Waals surface area contributed by atoms with E-state index in [0.29, 0.717) is 0 Å². The summed E-state index contributed by atoms with van der Waals surface area (Å²) in [6.07, 6.45) is 2.82. The summed E-state index contributed by atoms with van der Waals surface area (Å²) in [6, 6.07) is 2.90. The van der Waals surface area contributed by atoms with Gasteiger partial charge in [-0.15, -0.1) is 0 Å². The second kappa shape index (κ2) is 4.28. The Bertz CT molecular complexity index is 571. The molecular formula is C12H15BrFNO2S. The van der Waals surface area contributed by atoms with Gasteiger partial charge in [0.25, 0.3) is 0 Å². The molecule has 1 fully saturated rings. The molecule has 18 heavy (non-hydrogen) atoms. The molecule has 0 heterocycles. The molecule has 6 heteroatoms. The summed E-state index contributed by atoms with van der Waals surface area (Å²) in [6.45, 7) is 1.89. The predicted molar refractivity (Wildman–Crippen MR) is 71.8 cm³/mol. The first kappa shape index (κ1) is 14.0. The quantitative estimate of drug-likeness (QED) is 0.922. The van der Waals surface area contributed by atoms with E-state index in [2.05, 4.69) is 15.9 Å². The van der Waals surface area contributed by atoms with Crippen LogP contribution in [0.3, 0.4) is 0 Å². The fraction of sp³-hybridized carbons (Fsp3) is 0.500. The largest absolute Gasteiger partial charge is 0.327 e. The van der Waals surface area contributed by atoms with Gasteiger partial charge >= 0.3 is 0 Å². The van der Waals surface area contributed by atoms with Gasteiger partial charge in [-0.3, -0.25) is 0 Å². The Morgan fingerprint density at radius 2 is 2.00 bits per heavy atom. The maximum atomic E-state index is 14.0. The van der Waals surface area contributed by atoms with Crippen molar-refractivity contribution in [2.24, 2.45) is 5.73 Å². The number of hydrogen-bond acceptors (Lipinski definition) is 3. The zero-order valence-corrected chi connectivity index (χ0v) is 12.6. The molecule has 0 saturated heterocycles. The van der Waals surface area contributed by atoms with Crippen LogP contribution >= 0.6 is 15.9 Å². The van der Waals surface area contributed by atoms with Crippen molar-refractivity contribution >= 4 is 25.8 Å². The molecular weight excluding hydrogens is 321 g/mol. The minimum Gasteiger partial charge on any atom is -0.327 e. The van der Waals surface area contributed by atoms with Crippen LogP contribution in [0, 0.1) is 5.82 Å². The Kier molecular flexibility index (Phi) is 3.32. The van der Waals surface area contributed by atoms with E-state index in [9.17, 15) is 12.8 Å². The van der Waals surface area contributed by atoms with Crippen LogP contribution in [-0.2, 0) is 15.3 Å². The Labute approximate surface area is 115 Å². The van der Waals surface area contributed by atoms with Gasteiger partial charge < -0.3 is 5.73 Å². The summed E-state index contributed by atoms with van der Waals surface area (Å²) < 4.78 is 37.2. The molecule has 100 valence electrons. The van der Waals surface area contributed by atoms with E-state index in [0.717, 1.165) is 24.7 Å². The zero-order valence-electron chi connectivity index (χ0n) is 10.2. The van der Waals surface area contributed by atoms with Crippen LogP contribution in [0.2, 0.25) is 0 Å². The van der Waals surface area contributed by atoms with Crippen molar-refractivity contribution in [3.63, 3.8) is 0 Å². The highest BCUT2D eigenvalue weighted by molar-refractivity contribution is 9.10. The van der Waals surface area contributed by atoms with Crippen LogP contribution in [0.4, 0.5) is 4.39 Å². The smallest absolute Gasteiger partial charge is 0.179 e. The topological polar surface area (TPSA) is 60.2 Å². The molecule has 0 spiro atoms. The highest BCUT2D eigenvalue weighted by atomic mass is 79.9. The average molecular weight is 336 g/mol. The molecule has 0 radical (unpaired) electrons. The van der Waals surface area contributed by atoms with E-state index >= 15 is 0 Å². The third-order valence-electron chi connectivity index (χ3n) is 3.60. The molecule has 2 N–H and O–H groups in total. The summed E-state index contributed by atoms with van der Waals surface area (Å²) in [7, 11) is -3.58. The van der Waals surface area contributed by atoms with Gasteiger partial charge in [0.1, 0.15) is 10.7 Å². The minimum absolute atomic E-state index is 0.0760. The fourth-order valence-corrected chi connectivity index (χ4v) is 4.49. The van der Waals surface area contributed by atoms with Crippen molar-refractivity contribution in [3.05, 3.63) is 28.0 Å². The van der Waals surface area contributed by atoms with Crippen molar-refractivity contribution in [2.45, 2.75) is 36.1 Å². The second-order valence-electron chi connectivity index (χ2n) is 4.99. The zero-order chi connectivity index (χ0) is 13.7. The highest BCUT2D eigenvalue weighted by Crippen LogP contribution is 2.51. The number of rotatable bonds is 3. The lowest BCUT2D eigenvalue weighted by molar-refractivity contribution is 0.537. The van der Waals surface area contributed by atoms with Gasteiger partial charge in [-0.05, 0) is 53.4 Å². The lowest BCUT2D eigenvalue weighted by atomic mass is 9.89. The first-order valence-electron chi connectivity index (χ1n) is 5.63. The van der Waals surface area contributed by atoms with Crippen molar-refractivity contribution in [1.82, 2.24) is 0 Å². The molecule has 1 aromatic carbocycles. The van der Waals surface area contributed by atoms with Gasteiger partial charge in [0.05, 0.1) is 0 Å². The van der Waals surface area contributed by atoms with Crippen molar-refractivity contribution in [1.29, 1.82) is 0 Å². The van der Waals surface area contributed by atoms with Gasteiger partial charge in [0, 0.05) is 22.2 Å². The SMILES string of the molecule is CC(N)C1(c2cc(F)c(S(C)(=O)=O)c(Br)c2)CC1. The Balaban J connectivity index is 2.58. The van der Waals surface area contributed by atoms with E-state index in [-0.39, 0.29) is 20.8 Å². The predicted octanol–water partition coefficient (Wildman–Crippen LogP) is 2.37. The maximum absolute atomic E-state index is 14.0. The van der Waals surface area contributed by atoms with Crippen LogP contribution in [0.15, 0.2) is 21.5 Å². The summed E-state index contributed by atoms with van der Waals surface area (Å²) in [4.78, 5) is -0.285. The molecule has 1 aromatic rings. The Hall–Kier alpha value is -0.460. The van der Waals surface area contributed by atoms with Gasteiger partial charge in [-0.1, -0.05) is 0 Å². The van der Waals surface area contributed by atoms with E-state index in [4.69, 9.17) is 5.73 Å². The summed E-state index contributed by atoms with van der Waals surface area (Å²) >= 11 is 3.14. The number of benzene rings is 1. The molecule has 2 rings (SSSR count). The van der Waals surface area contributed by atoms with Gasteiger partial charge in [-0.2, -0.15) is 0 Å². The van der Waals surface area contributed by atoms with Crippen LogP contribution in [0.25, 0.3) is 0 Å². The first-order valence-corrected chi connectivity index (χ1v) is 8.32. The van der Waals surface area contributed by atoms with E-state index in [1.165, 1.54) is 6.07 Å². The van der Waals surface area contributed by atoms with Crippen LogP contribution < -0.4 is 5.73 Å². The monoisotopic (exact) mass is 335 g/mol. The Morgan fingerprint density at radius 1 is 1.44 bits per heavy atom.